The van der Waals surface area contributed by atoms with E-state index in [9.17, 15) is 19.7 Å². The van der Waals surface area contributed by atoms with Gasteiger partial charge in [-0.15, -0.1) is 0 Å². The van der Waals surface area contributed by atoms with Crippen LogP contribution < -0.4 is 0 Å². The molecule has 6 nitrogen and oxygen atoms in total. The Morgan fingerprint density at radius 1 is 1.12 bits per heavy atom. The highest BCUT2D eigenvalue weighted by atomic mass is 35.5. The van der Waals surface area contributed by atoms with Gasteiger partial charge in [-0.1, -0.05) is 23.7 Å². The highest BCUT2D eigenvalue weighted by molar-refractivity contribution is 6.33. The van der Waals surface area contributed by atoms with E-state index in [1.165, 1.54) is 13.0 Å². The lowest BCUT2D eigenvalue weighted by atomic mass is 10.0. The van der Waals surface area contributed by atoms with Gasteiger partial charge in [0.15, 0.2) is 6.10 Å². The van der Waals surface area contributed by atoms with Gasteiger partial charge in [-0.05, 0) is 44.0 Å². The second kappa shape index (κ2) is 7.44. The molecule has 25 heavy (non-hydrogen) atoms. The molecule has 0 bridgehead atoms. The quantitative estimate of drug-likeness (QED) is 0.343. The Morgan fingerprint density at radius 3 is 2.36 bits per heavy atom. The van der Waals surface area contributed by atoms with Crippen LogP contribution in [0.1, 0.15) is 38.8 Å². The average molecular weight is 362 g/mol. The maximum atomic E-state index is 12.4. The molecule has 0 amide bonds. The lowest BCUT2D eigenvalue weighted by Gasteiger charge is -2.13. The van der Waals surface area contributed by atoms with Gasteiger partial charge < -0.3 is 4.74 Å². The van der Waals surface area contributed by atoms with Crippen LogP contribution in [-0.2, 0) is 4.74 Å². The lowest BCUT2D eigenvalue weighted by molar-refractivity contribution is -0.384. The summed E-state index contributed by atoms with van der Waals surface area (Å²) in [4.78, 5) is 34.7. The number of esters is 1. The minimum Gasteiger partial charge on any atom is -0.451 e. The van der Waals surface area contributed by atoms with E-state index < -0.39 is 17.0 Å². The summed E-state index contributed by atoms with van der Waals surface area (Å²) in [5.41, 5.74) is 2.19. The van der Waals surface area contributed by atoms with Gasteiger partial charge in [0.1, 0.15) is 0 Å². The number of hydrogen-bond donors (Lipinski definition) is 0. The number of Topliss-reactive ketones (excluding diaryl/α,β-unsaturated/α-hetero) is 1. The number of benzene rings is 2. The van der Waals surface area contributed by atoms with E-state index >= 15 is 0 Å². The molecule has 0 heterocycles. The van der Waals surface area contributed by atoms with Gasteiger partial charge in [0.05, 0.1) is 15.5 Å². The molecule has 0 N–H and O–H groups in total. The fraction of sp³-hybridized carbons (Fsp3) is 0.222. The number of non-ortho nitro benzene ring substituents is 1. The van der Waals surface area contributed by atoms with Crippen LogP contribution in [0.15, 0.2) is 36.4 Å². The molecule has 0 saturated carbocycles. The number of nitro groups is 1. The zero-order chi connectivity index (χ0) is 18.7. The number of rotatable bonds is 5. The summed E-state index contributed by atoms with van der Waals surface area (Å²) in [7, 11) is 0. The standard InChI is InChI=1S/C18H16ClNO5/c1-10-4-5-13(8-11(10)2)17(21)12(3)25-18(22)15-7-6-14(20(23)24)9-16(15)19/h4-9,12H,1-3H3/t12-/m0/s1. The molecular formula is C18H16ClNO5. The van der Waals surface area contributed by atoms with Crippen molar-refractivity contribution in [2.45, 2.75) is 26.9 Å². The number of ether oxygens (including phenoxy) is 1. The number of nitro benzene ring substituents is 1. The Labute approximate surface area is 149 Å². The molecule has 0 aromatic heterocycles. The summed E-state index contributed by atoms with van der Waals surface area (Å²) in [6.45, 7) is 5.29. The minimum atomic E-state index is -1.01. The maximum Gasteiger partial charge on any atom is 0.340 e. The summed E-state index contributed by atoms with van der Waals surface area (Å²) in [6, 6.07) is 8.65. The van der Waals surface area contributed by atoms with Gasteiger partial charge in [0, 0.05) is 17.7 Å². The van der Waals surface area contributed by atoms with E-state index in [-0.39, 0.29) is 22.1 Å². The monoisotopic (exact) mass is 361 g/mol. The van der Waals surface area contributed by atoms with Crippen molar-refractivity contribution in [3.8, 4) is 0 Å². The number of carbonyl (C=O) groups is 2. The first-order valence-corrected chi connectivity index (χ1v) is 7.85. The largest absolute Gasteiger partial charge is 0.451 e. The Hall–Kier alpha value is -2.73. The first kappa shape index (κ1) is 18.6. The second-order valence-electron chi connectivity index (χ2n) is 5.63. The van der Waals surface area contributed by atoms with Crippen LogP contribution >= 0.6 is 11.6 Å². The summed E-state index contributed by atoms with van der Waals surface area (Å²) >= 11 is 5.90. The Kier molecular flexibility index (Phi) is 5.54. The molecule has 0 spiro atoms. The molecule has 0 unspecified atom stereocenters. The topological polar surface area (TPSA) is 86.5 Å². The van der Waals surface area contributed by atoms with E-state index in [2.05, 4.69) is 0 Å². The highest BCUT2D eigenvalue weighted by Crippen LogP contribution is 2.24. The number of halogens is 1. The maximum absolute atomic E-state index is 12.4. The fourth-order valence-corrected chi connectivity index (χ4v) is 2.44. The minimum absolute atomic E-state index is 0.0352. The van der Waals surface area contributed by atoms with E-state index in [1.807, 2.05) is 19.9 Å². The molecule has 0 saturated heterocycles. The Bertz CT molecular complexity index is 863. The molecule has 2 aromatic carbocycles. The van der Waals surface area contributed by atoms with Crippen LogP contribution in [0, 0.1) is 24.0 Å². The van der Waals surface area contributed by atoms with Crippen LogP contribution in [0.4, 0.5) is 5.69 Å². The number of hydrogen-bond acceptors (Lipinski definition) is 5. The van der Waals surface area contributed by atoms with Crippen molar-refractivity contribution in [2.75, 3.05) is 0 Å². The lowest BCUT2D eigenvalue weighted by Crippen LogP contribution is -2.24. The third-order valence-electron chi connectivity index (χ3n) is 3.83. The summed E-state index contributed by atoms with van der Waals surface area (Å²) in [5, 5.41) is 10.6. The van der Waals surface area contributed by atoms with Crippen LogP contribution in [0.3, 0.4) is 0 Å². The number of nitrogens with zero attached hydrogens (tertiary/aromatic N) is 1. The van der Waals surface area contributed by atoms with Crippen molar-refractivity contribution in [1.82, 2.24) is 0 Å². The van der Waals surface area contributed by atoms with Crippen molar-refractivity contribution < 1.29 is 19.2 Å². The highest BCUT2D eigenvalue weighted by Gasteiger charge is 2.23. The van der Waals surface area contributed by atoms with E-state index in [0.29, 0.717) is 5.56 Å². The Morgan fingerprint density at radius 2 is 1.80 bits per heavy atom. The molecule has 0 aliphatic heterocycles. The summed E-state index contributed by atoms with van der Waals surface area (Å²) in [5.74, 6) is -1.15. The smallest absolute Gasteiger partial charge is 0.340 e. The predicted octanol–water partition coefficient (Wildman–Crippen LogP) is 4.29. The van der Waals surface area contributed by atoms with Gasteiger partial charge in [-0.25, -0.2) is 4.79 Å². The van der Waals surface area contributed by atoms with Crippen molar-refractivity contribution in [2.24, 2.45) is 0 Å². The molecule has 1 atom stereocenters. The molecular weight excluding hydrogens is 346 g/mol. The molecule has 130 valence electrons. The van der Waals surface area contributed by atoms with E-state index in [0.717, 1.165) is 23.3 Å². The summed E-state index contributed by atoms with van der Waals surface area (Å²) < 4.78 is 5.16. The molecule has 2 aromatic rings. The summed E-state index contributed by atoms with van der Waals surface area (Å²) in [6.07, 6.45) is -1.01. The van der Waals surface area contributed by atoms with Gasteiger partial charge in [-0.2, -0.15) is 0 Å². The predicted molar refractivity (Wildman–Crippen MR) is 93.2 cm³/mol. The third-order valence-corrected chi connectivity index (χ3v) is 4.14. The number of aryl methyl sites for hydroxylation is 2. The number of ketones is 1. The van der Waals surface area contributed by atoms with Crippen molar-refractivity contribution >= 4 is 29.0 Å². The zero-order valence-electron chi connectivity index (χ0n) is 13.9. The second-order valence-corrected chi connectivity index (χ2v) is 6.04. The first-order chi connectivity index (χ1) is 11.7. The molecule has 0 radical (unpaired) electrons. The van der Waals surface area contributed by atoms with Crippen LogP contribution in [0.2, 0.25) is 5.02 Å². The SMILES string of the molecule is Cc1ccc(C(=O)[C@H](C)OC(=O)c2ccc([N+](=O)[O-])cc2Cl)cc1C. The molecule has 7 heteroatoms. The first-order valence-electron chi connectivity index (χ1n) is 7.47. The van der Waals surface area contributed by atoms with Gasteiger partial charge >= 0.3 is 5.97 Å². The van der Waals surface area contributed by atoms with E-state index in [1.54, 1.807) is 12.1 Å². The molecule has 0 aliphatic rings. The number of carbonyl (C=O) groups excluding carboxylic acids is 2. The van der Waals surface area contributed by atoms with Crippen molar-refractivity contribution in [3.63, 3.8) is 0 Å². The molecule has 0 aliphatic carbocycles. The molecule has 0 fully saturated rings. The Balaban J connectivity index is 2.15. The average Bonchev–Trinajstić information content (AvgIpc) is 2.56. The van der Waals surface area contributed by atoms with Gasteiger partial charge in [-0.3, -0.25) is 14.9 Å². The van der Waals surface area contributed by atoms with Crippen molar-refractivity contribution in [3.05, 3.63) is 73.8 Å². The van der Waals surface area contributed by atoms with Crippen LogP contribution in [0.5, 0.6) is 0 Å². The normalized spacial score (nSPS) is 11.7. The van der Waals surface area contributed by atoms with Crippen molar-refractivity contribution in [1.29, 1.82) is 0 Å². The third kappa shape index (κ3) is 4.22. The van der Waals surface area contributed by atoms with Gasteiger partial charge in [0.2, 0.25) is 5.78 Å². The van der Waals surface area contributed by atoms with Crippen LogP contribution in [0.25, 0.3) is 0 Å². The molecule has 2 rings (SSSR count). The van der Waals surface area contributed by atoms with E-state index in [4.69, 9.17) is 16.3 Å². The van der Waals surface area contributed by atoms with Gasteiger partial charge in [0.25, 0.3) is 5.69 Å². The van der Waals surface area contributed by atoms with Crippen LogP contribution in [-0.4, -0.2) is 22.8 Å². The zero-order valence-corrected chi connectivity index (χ0v) is 14.7. The fourth-order valence-electron chi connectivity index (χ4n) is 2.19.